The SMILES string of the molecule is NCc1cc(N)cnc1I. The minimum Gasteiger partial charge on any atom is -0.397 e. The molecule has 0 fully saturated rings. The molecule has 0 aliphatic heterocycles. The summed E-state index contributed by atoms with van der Waals surface area (Å²) in [5, 5.41) is 0. The van der Waals surface area contributed by atoms with E-state index in [2.05, 4.69) is 27.6 Å². The quantitative estimate of drug-likeness (QED) is 0.569. The molecule has 0 aromatic carbocycles. The molecular formula is C6H8IN3. The van der Waals surface area contributed by atoms with Crippen LogP contribution in [0.15, 0.2) is 12.3 Å². The monoisotopic (exact) mass is 249 g/mol. The molecule has 0 saturated carbocycles. The molecule has 0 atom stereocenters. The predicted molar refractivity (Wildman–Crippen MR) is 49.3 cm³/mol. The van der Waals surface area contributed by atoms with Gasteiger partial charge in [0, 0.05) is 6.54 Å². The van der Waals surface area contributed by atoms with E-state index in [0.29, 0.717) is 12.2 Å². The van der Waals surface area contributed by atoms with Crippen molar-refractivity contribution >= 4 is 28.3 Å². The van der Waals surface area contributed by atoms with Gasteiger partial charge in [-0.05, 0) is 34.2 Å². The number of aromatic nitrogens is 1. The topological polar surface area (TPSA) is 64.9 Å². The van der Waals surface area contributed by atoms with Crippen LogP contribution in [0, 0.1) is 3.70 Å². The van der Waals surface area contributed by atoms with Crippen LogP contribution < -0.4 is 11.5 Å². The van der Waals surface area contributed by atoms with Gasteiger partial charge in [-0.25, -0.2) is 4.98 Å². The van der Waals surface area contributed by atoms with Gasteiger partial charge in [0.2, 0.25) is 0 Å². The molecule has 3 nitrogen and oxygen atoms in total. The number of anilines is 1. The number of rotatable bonds is 1. The summed E-state index contributed by atoms with van der Waals surface area (Å²) < 4.78 is 0.925. The summed E-state index contributed by atoms with van der Waals surface area (Å²) in [4.78, 5) is 4.03. The molecule has 4 N–H and O–H groups in total. The molecular weight excluding hydrogens is 241 g/mol. The molecule has 0 radical (unpaired) electrons. The molecule has 4 heteroatoms. The molecule has 0 bridgehead atoms. The van der Waals surface area contributed by atoms with Gasteiger partial charge in [0.25, 0.3) is 0 Å². The van der Waals surface area contributed by atoms with Gasteiger partial charge in [-0.3, -0.25) is 0 Å². The highest BCUT2D eigenvalue weighted by Gasteiger charge is 1.97. The molecule has 1 aromatic rings. The summed E-state index contributed by atoms with van der Waals surface area (Å²) in [6.07, 6.45) is 1.63. The second-order valence-electron chi connectivity index (χ2n) is 1.92. The van der Waals surface area contributed by atoms with E-state index in [1.807, 2.05) is 6.07 Å². The van der Waals surface area contributed by atoms with Crippen molar-refractivity contribution in [1.29, 1.82) is 0 Å². The number of nitrogens with zero attached hydrogens (tertiary/aromatic N) is 1. The van der Waals surface area contributed by atoms with Gasteiger partial charge in [-0.1, -0.05) is 0 Å². The van der Waals surface area contributed by atoms with Crippen LogP contribution in [0.5, 0.6) is 0 Å². The summed E-state index contributed by atoms with van der Waals surface area (Å²) in [7, 11) is 0. The summed E-state index contributed by atoms with van der Waals surface area (Å²) in [6.45, 7) is 0.496. The third-order valence-electron chi connectivity index (χ3n) is 1.15. The first-order valence-electron chi connectivity index (χ1n) is 2.84. The number of nitrogens with two attached hydrogens (primary N) is 2. The van der Waals surface area contributed by atoms with Crippen LogP contribution in [0.3, 0.4) is 0 Å². The first-order valence-corrected chi connectivity index (χ1v) is 3.92. The lowest BCUT2D eigenvalue weighted by atomic mass is 10.3. The molecule has 1 aromatic heterocycles. The number of hydrogen-bond acceptors (Lipinski definition) is 3. The molecule has 0 aliphatic carbocycles. The van der Waals surface area contributed by atoms with Crippen LogP contribution in [0.1, 0.15) is 5.56 Å². The van der Waals surface area contributed by atoms with E-state index in [9.17, 15) is 0 Å². The predicted octanol–water partition coefficient (Wildman–Crippen LogP) is 0.727. The van der Waals surface area contributed by atoms with Crippen LogP contribution in [0.2, 0.25) is 0 Å². The number of halogens is 1. The van der Waals surface area contributed by atoms with Crippen molar-refractivity contribution in [3.05, 3.63) is 21.5 Å². The van der Waals surface area contributed by atoms with E-state index < -0.39 is 0 Å². The number of hydrogen-bond donors (Lipinski definition) is 2. The zero-order valence-corrected chi connectivity index (χ0v) is 7.50. The Morgan fingerprint density at radius 2 is 2.30 bits per heavy atom. The van der Waals surface area contributed by atoms with Crippen molar-refractivity contribution in [2.24, 2.45) is 5.73 Å². The fourth-order valence-corrected chi connectivity index (χ4v) is 1.17. The highest BCUT2D eigenvalue weighted by molar-refractivity contribution is 14.1. The maximum absolute atomic E-state index is 5.48. The summed E-state index contributed by atoms with van der Waals surface area (Å²) in [5.41, 5.74) is 12.6. The second-order valence-corrected chi connectivity index (χ2v) is 2.94. The minimum absolute atomic E-state index is 0.496. The molecule has 1 rings (SSSR count). The van der Waals surface area contributed by atoms with Crippen molar-refractivity contribution in [3.8, 4) is 0 Å². The van der Waals surface area contributed by atoms with Crippen LogP contribution >= 0.6 is 22.6 Å². The highest BCUT2D eigenvalue weighted by Crippen LogP contribution is 2.11. The average molecular weight is 249 g/mol. The highest BCUT2D eigenvalue weighted by atomic mass is 127. The zero-order valence-electron chi connectivity index (χ0n) is 5.34. The molecule has 0 saturated heterocycles. The smallest absolute Gasteiger partial charge is 0.105 e. The van der Waals surface area contributed by atoms with Crippen molar-refractivity contribution in [3.63, 3.8) is 0 Å². The second kappa shape index (κ2) is 3.16. The molecule has 10 heavy (non-hydrogen) atoms. The first kappa shape index (κ1) is 7.74. The lowest BCUT2D eigenvalue weighted by Crippen LogP contribution is -2.01. The third kappa shape index (κ3) is 1.57. The van der Waals surface area contributed by atoms with Gasteiger partial charge in [0.15, 0.2) is 0 Å². The standard InChI is InChI=1S/C6H8IN3/c7-6-4(2-8)1-5(9)3-10-6/h1,3H,2,8-9H2. The molecule has 0 unspecified atom stereocenters. The van der Waals surface area contributed by atoms with Crippen LogP contribution in [-0.4, -0.2) is 4.98 Å². The van der Waals surface area contributed by atoms with Crippen molar-refractivity contribution in [2.75, 3.05) is 5.73 Å². The van der Waals surface area contributed by atoms with Gasteiger partial charge in [-0.2, -0.15) is 0 Å². The Hall–Kier alpha value is -0.360. The van der Waals surface area contributed by atoms with E-state index in [0.717, 1.165) is 9.26 Å². The Kier molecular flexibility index (Phi) is 2.44. The van der Waals surface area contributed by atoms with Crippen LogP contribution in [0.4, 0.5) is 5.69 Å². The van der Waals surface area contributed by atoms with E-state index in [1.165, 1.54) is 0 Å². The van der Waals surface area contributed by atoms with Gasteiger partial charge in [-0.15, -0.1) is 0 Å². The Balaban J connectivity index is 3.09. The summed E-state index contributed by atoms with van der Waals surface area (Å²) >= 11 is 2.13. The number of pyridine rings is 1. The maximum atomic E-state index is 5.48. The molecule has 0 aliphatic rings. The van der Waals surface area contributed by atoms with Crippen molar-refractivity contribution < 1.29 is 0 Å². The molecule has 0 amide bonds. The Morgan fingerprint density at radius 3 is 2.80 bits per heavy atom. The fourth-order valence-electron chi connectivity index (χ4n) is 0.655. The Bertz CT molecular complexity index is 236. The zero-order chi connectivity index (χ0) is 7.56. The molecule has 1 heterocycles. The van der Waals surface area contributed by atoms with Gasteiger partial charge >= 0.3 is 0 Å². The minimum atomic E-state index is 0.496. The van der Waals surface area contributed by atoms with Gasteiger partial charge in [0.05, 0.1) is 11.9 Å². The van der Waals surface area contributed by atoms with E-state index in [4.69, 9.17) is 11.5 Å². The van der Waals surface area contributed by atoms with Crippen molar-refractivity contribution in [2.45, 2.75) is 6.54 Å². The van der Waals surface area contributed by atoms with Gasteiger partial charge in [0.1, 0.15) is 3.70 Å². The summed E-state index contributed by atoms with van der Waals surface area (Å²) in [6, 6.07) is 1.84. The molecule has 54 valence electrons. The normalized spacial score (nSPS) is 9.80. The van der Waals surface area contributed by atoms with Crippen LogP contribution in [-0.2, 0) is 6.54 Å². The van der Waals surface area contributed by atoms with Crippen LogP contribution in [0.25, 0.3) is 0 Å². The van der Waals surface area contributed by atoms with E-state index in [-0.39, 0.29) is 0 Å². The molecule has 0 spiro atoms. The average Bonchev–Trinajstić information content (AvgIpc) is 1.94. The number of nitrogen functional groups attached to an aromatic ring is 1. The summed E-state index contributed by atoms with van der Waals surface area (Å²) in [5.74, 6) is 0. The lowest BCUT2D eigenvalue weighted by Gasteiger charge is -1.99. The van der Waals surface area contributed by atoms with Crippen molar-refractivity contribution in [1.82, 2.24) is 4.98 Å². The van der Waals surface area contributed by atoms with E-state index in [1.54, 1.807) is 6.20 Å². The Morgan fingerprint density at radius 1 is 1.60 bits per heavy atom. The van der Waals surface area contributed by atoms with Gasteiger partial charge < -0.3 is 11.5 Å². The Labute approximate surface area is 73.0 Å². The lowest BCUT2D eigenvalue weighted by molar-refractivity contribution is 1.03. The first-order chi connectivity index (χ1) is 4.74. The fraction of sp³-hybridized carbons (Fsp3) is 0.167. The maximum Gasteiger partial charge on any atom is 0.105 e. The van der Waals surface area contributed by atoms with E-state index >= 15 is 0 Å². The third-order valence-corrected chi connectivity index (χ3v) is 2.12. The largest absolute Gasteiger partial charge is 0.397 e.